The zero-order valence-corrected chi connectivity index (χ0v) is 18.5. The van der Waals surface area contributed by atoms with Crippen LogP contribution in [0.15, 0.2) is 27.8 Å². The number of hydrogen-bond donors (Lipinski definition) is 1. The van der Waals surface area contributed by atoms with Gasteiger partial charge in [-0.1, -0.05) is 25.4 Å². The van der Waals surface area contributed by atoms with Gasteiger partial charge in [-0.3, -0.25) is 9.36 Å². The van der Waals surface area contributed by atoms with E-state index in [1.54, 1.807) is 13.8 Å². The van der Waals surface area contributed by atoms with E-state index in [-0.39, 0.29) is 38.2 Å². The third kappa shape index (κ3) is 5.18. The lowest BCUT2D eigenvalue weighted by Gasteiger charge is -2.18. The summed E-state index contributed by atoms with van der Waals surface area (Å²) in [4.78, 5) is 24.6. The molecule has 172 valence electrons. The second kappa shape index (κ2) is 8.75. The number of sulfonamides is 1. The summed E-state index contributed by atoms with van der Waals surface area (Å²) >= 11 is 5.96. The van der Waals surface area contributed by atoms with E-state index in [2.05, 4.69) is 4.72 Å². The number of nitrogens with zero attached hydrogens (tertiary/aromatic N) is 2. The third-order valence-corrected chi connectivity index (χ3v) is 7.28. The molecule has 0 bridgehead atoms. The number of aromatic nitrogens is 2. The minimum absolute atomic E-state index is 0.0199. The molecule has 1 atom stereocenters. The Bertz CT molecular complexity index is 1220. The fourth-order valence-corrected chi connectivity index (χ4v) is 4.23. The minimum Gasteiger partial charge on any atom is -0.292 e. The van der Waals surface area contributed by atoms with E-state index in [1.807, 2.05) is 0 Å². The van der Waals surface area contributed by atoms with Crippen molar-refractivity contribution in [1.29, 1.82) is 0 Å². The molecule has 0 fully saturated rings. The molecule has 0 aliphatic carbocycles. The lowest BCUT2D eigenvalue weighted by Crippen LogP contribution is -2.41. The maximum atomic E-state index is 14.5. The number of hydrogen-bond acceptors (Lipinski definition) is 4. The van der Waals surface area contributed by atoms with Crippen molar-refractivity contribution < 1.29 is 26.0 Å². The van der Waals surface area contributed by atoms with Gasteiger partial charge in [-0.05, 0) is 30.5 Å². The highest BCUT2D eigenvalue weighted by Crippen LogP contribution is 2.27. The SMILES string of the molecule is CC(C)C(C)S(=O)(=O)NCc1cc(-n2c(=O)cc(C(F)(F)F)n(C)c2=O)c(F)cc1Cl. The van der Waals surface area contributed by atoms with Gasteiger partial charge >= 0.3 is 11.9 Å². The van der Waals surface area contributed by atoms with Gasteiger partial charge in [0.15, 0.2) is 0 Å². The van der Waals surface area contributed by atoms with Crippen molar-refractivity contribution in [2.24, 2.45) is 13.0 Å². The van der Waals surface area contributed by atoms with Gasteiger partial charge in [0.05, 0.1) is 10.9 Å². The Morgan fingerprint density at radius 3 is 2.23 bits per heavy atom. The van der Waals surface area contributed by atoms with Gasteiger partial charge in [-0.15, -0.1) is 0 Å². The maximum absolute atomic E-state index is 14.5. The predicted molar refractivity (Wildman–Crippen MR) is 107 cm³/mol. The molecule has 0 saturated heterocycles. The van der Waals surface area contributed by atoms with Gasteiger partial charge in [0.25, 0.3) is 5.56 Å². The van der Waals surface area contributed by atoms with Crippen molar-refractivity contribution in [1.82, 2.24) is 13.9 Å². The van der Waals surface area contributed by atoms with Crippen molar-refractivity contribution in [2.75, 3.05) is 0 Å². The van der Waals surface area contributed by atoms with Crippen molar-refractivity contribution in [2.45, 2.75) is 38.7 Å². The Labute approximate surface area is 180 Å². The van der Waals surface area contributed by atoms with Gasteiger partial charge in [0.1, 0.15) is 11.5 Å². The molecule has 0 saturated carbocycles. The highest BCUT2D eigenvalue weighted by Gasteiger charge is 2.35. The molecule has 0 aliphatic rings. The molecule has 2 rings (SSSR count). The van der Waals surface area contributed by atoms with Gasteiger partial charge in [0, 0.05) is 24.7 Å². The smallest absolute Gasteiger partial charge is 0.292 e. The van der Waals surface area contributed by atoms with Crippen molar-refractivity contribution in [3.63, 3.8) is 0 Å². The number of nitrogens with one attached hydrogen (secondary N) is 1. The Kier molecular flexibility index (Phi) is 7.08. The molecule has 1 aromatic heterocycles. The first-order valence-electron chi connectivity index (χ1n) is 8.95. The normalized spacial score (nSPS) is 13.6. The molecule has 31 heavy (non-hydrogen) atoms. The summed E-state index contributed by atoms with van der Waals surface area (Å²) in [6.07, 6.45) is -4.97. The van der Waals surface area contributed by atoms with Crippen LogP contribution in [0.3, 0.4) is 0 Å². The Hall–Kier alpha value is -2.18. The molecule has 7 nitrogen and oxygen atoms in total. The van der Waals surface area contributed by atoms with E-state index in [4.69, 9.17) is 11.6 Å². The molecule has 1 N–H and O–H groups in total. The topological polar surface area (TPSA) is 90.2 Å². The van der Waals surface area contributed by atoms with Crippen LogP contribution in [-0.4, -0.2) is 22.8 Å². The summed E-state index contributed by atoms with van der Waals surface area (Å²) in [5, 5.41) is -0.950. The molecular weight excluding hydrogens is 466 g/mol. The monoisotopic (exact) mass is 485 g/mol. The van der Waals surface area contributed by atoms with Gasteiger partial charge in [0.2, 0.25) is 10.0 Å². The largest absolute Gasteiger partial charge is 0.431 e. The highest BCUT2D eigenvalue weighted by atomic mass is 35.5. The molecule has 0 radical (unpaired) electrons. The van der Waals surface area contributed by atoms with Gasteiger partial charge < -0.3 is 0 Å². The van der Waals surface area contributed by atoms with Crippen LogP contribution < -0.4 is 16.0 Å². The Morgan fingerprint density at radius 1 is 1.13 bits per heavy atom. The standard InChI is InChI=1S/C18H20ClF4N3O4S/c1-9(2)10(3)31(29,30)24-8-11-5-14(13(20)6-12(11)19)26-16(27)7-15(18(21,22)23)25(4)17(26)28/h5-7,9-10,24H,8H2,1-4H3. The maximum Gasteiger partial charge on any atom is 0.431 e. The van der Waals surface area contributed by atoms with Gasteiger partial charge in [-0.25, -0.2) is 26.9 Å². The summed E-state index contributed by atoms with van der Waals surface area (Å²) in [7, 11) is -2.98. The lowest BCUT2D eigenvalue weighted by atomic mass is 10.2. The van der Waals surface area contributed by atoms with E-state index < -0.39 is 49.9 Å². The molecule has 1 unspecified atom stereocenters. The average molecular weight is 486 g/mol. The summed E-state index contributed by atoms with van der Waals surface area (Å²) in [5.41, 5.74) is -4.97. The van der Waals surface area contributed by atoms with Crippen LogP contribution in [0.25, 0.3) is 5.69 Å². The predicted octanol–water partition coefficient (Wildman–Crippen LogP) is 2.81. The zero-order valence-electron chi connectivity index (χ0n) is 16.9. The Morgan fingerprint density at radius 2 is 1.71 bits per heavy atom. The lowest BCUT2D eigenvalue weighted by molar-refractivity contribution is -0.144. The molecule has 1 heterocycles. The number of halogens is 5. The van der Waals surface area contributed by atoms with E-state index in [9.17, 15) is 35.6 Å². The van der Waals surface area contributed by atoms with E-state index in [0.29, 0.717) is 0 Å². The number of rotatable bonds is 6. The molecule has 0 spiro atoms. The molecule has 0 amide bonds. The highest BCUT2D eigenvalue weighted by molar-refractivity contribution is 7.90. The van der Waals surface area contributed by atoms with Crippen LogP contribution in [0, 0.1) is 11.7 Å². The van der Waals surface area contributed by atoms with E-state index >= 15 is 0 Å². The van der Waals surface area contributed by atoms with Crippen LogP contribution in [0.2, 0.25) is 5.02 Å². The van der Waals surface area contributed by atoms with Gasteiger partial charge in [-0.2, -0.15) is 13.2 Å². The molecule has 2 aromatic rings. The zero-order chi connectivity index (χ0) is 23.9. The second-order valence-corrected chi connectivity index (χ2v) is 9.78. The van der Waals surface area contributed by atoms with E-state index in [1.165, 1.54) is 6.92 Å². The Balaban J connectivity index is 2.58. The van der Waals surface area contributed by atoms with Crippen LogP contribution in [-0.2, 0) is 29.8 Å². The fraction of sp³-hybridized carbons (Fsp3) is 0.444. The third-order valence-electron chi connectivity index (χ3n) is 4.86. The first-order chi connectivity index (χ1) is 14.1. The minimum atomic E-state index is -4.97. The average Bonchev–Trinajstić information content (AvgIpc) is 2.63. The fourth-order valence-electron chi connectivity index (χ4n) is 2.68. The number of benzene rings is 1. The molecule has 0 aliphatic heterocycles. The molecule has 1 aromatic carbocycles. The van der Waals surface area contributed by atoms with Crippen LogP contribution in [0.5, 0.6) is 0 Å². The van der Waals surface area contributed by atoms with Crippen LogP contribution in [0.1, 0.15) is 32.0 Å². The first-order valence-corrected chi connectivity index (χ1v) is 10.9. The van der Waals surface area contributed by atoms with Crippen molar-refractivity contribution in [3.05, 3.63) is 61.1 Å². The van der Waals surface area contributed by atoms with Crippen molar-refractivity contribution >= 4 is 21.6 Å². The summed E-state index contributed by atoms with van der Waals surface area (Å²) < 4.78 is 80.9. The van der Waals surface area contributed by atoms with E-state index in [0.717, 1.165) is 19.2 Å². The summed E-state index contributed by atoms with van der Waals surface area (Å²) in [6.45, 7) is 4.52. The second-order valence-electron chi connectivity index (χ2n) is 7.25. The summed E-state index contributed by atoms with van der Waals surface area (Å²) in [5.74, 6) is -1.35. The molecular formula is C18H20ClF4N3O4S. The first kappa shape index (κ1) is 25.1. The van der Waals surface area contributed by atoms with Crippen LogP contribution >= 0.6 is 11.6 Å². The molecule has 13 heteroatoms. The summed E-state index contributed by atoms with van der Waals surface area (Å²) in [6, 6.07) is 1.86. The quantitative estimate of drug-likeness (QED) is 0.637. The number of alkyl halides is 3. The van der Waals surface area contributed by atoms with Crippen LogP contribution in [0.4, 0.5) is 17.6 Å². The van der Waals surface area contributed by atoms with Crippen molar-refractivity contribution in [3.8, 4) is 5.69 Å².